The third-order valence-corrected chi connectivity index (χ3v) is 2.51. The average molecular weight is 169 g/mol. The lowest BCUT2D eigenvalue weighted by atomic mass is 9.95. The molecule has 0 aromatic carbocycles. The Morgan fingerprint density at radius 2 is 2.42 bits per heavy atom. The standard InChI is InChI=1S/C10H19NO/c1-8(7-12-3)10-5-4-6-11-9(10)2/h9,11H,4-7H2,1-3H3/b10-8+. The lowest BCUT2D eigenvalue weighted by molar-refractivity contribution is 0.223. The molecule has 1 unspecified atom stereocenters. The summed E-state index contributed by atoms with van der Waals surface area (Å²) in [6.07, 6.45) is 2.50. The maximum Gasteiger partial charge on any atom is 0.0673 e. The molecule has 1 atom stereocenters. The van der Waals surface area contributed by atoms with Gasteiger partial charge in [0.1, 0.15) is 0 Å². The summed E-state index contributed by atoms with van der Waals surface area (Å²) in [5.41, 5.74) is 2.94. The Morgan fingerprint density at radius 1 is 1.67 bits per heavy atom. The summed E-state index contributed by atoms with van der Waals surface area (Å²) in [4.78, 5) is 0. The van der Waals surface area contributed by atoms with Crippen molar-refractivity contribution in [3.05, 3.63) is 11.1 Å². The average Bonchev–Trinajstić information content (AvgIpc) is 2.05. The molecule has 1 fully saturated rings. The normalized spacial score (nSPS) is 28.8. The zero-order chi connectivity index (χ0) is 8.97. The summed E-state index contributed by atoms with van der Waals surface area (Å²) < 4.78 is 5.12. The minimum atomic E-state index is 0.550. The molecule has 0 amide bonds. The molecule has 2 heteroatoms. The van der Waals surface area contributed by atoms with Crippen molar-refractivity contribution >= 4 is 0 Å². The third kappa shape index (κ3) is 2.32. The van der Waals surface area contributed by atoms with Gasteiger partial charge in [0.05, 0.1) is 6.61 Å². The monoisotopic (exact) mass is 169 g/mol. The summed E-state index contributed by atoms with van der Waals surface area (Å²) in [5.74, 6) is 0. The molecule has 1 rings (SSSR count). The molecule has 0 spiro atoms. The largest absolute Gasteiger partial charge is 0.380 e. The van der Waals surface area contributed by atoms with Crippen molar-refractivity contribution in [3.8, 4) is 0 Å². The predicted octanol–water partition coefficient (Wildman–Crippen LogP) is 1.72. The van der Waals surface area contributed by atoms with Crippen molar-refractivity contribution in [1.29, 1.82) is 0 Å². The van der Waals surface area contributed by atoms with Gasteiger partial charge in [-0.05, 0) is 38.8 Å². The van der Waals surface area contributed by atoms with Gasteiger partial charge >= 0.3 is 0 Å². The number of hydrogen-bond donors (Lipinski definition) is 1. The van der Waals surface area contributed by atoms with Gasteiger partial charge in [0.15, 0.2) is 0 Å². The number of rotatable bonds is 2. The molecular formula is C10H19NO. The highest BCUT2D eigenvalue weighted by atomic mass is 16.5. The zero-order valence-electron chi connectivity index (χ0n) is 8.31. The molecule has 1 aliphatic rings. The van der Waals surface area contributed by atoms with Crippen molar-refractivity contribution < 1.29 is 4.74 Å². The van der Waals surface area contributed by atoms with Crippen LogP contribution in [-0.2, 0) is 4.74 Å². The van der Waals surface area contributed by atoms with E-state index < -0.39 is 0 Å². The van der Waals surface area contributed by atoms with Gasteiger partial charge < -0.3 is 10.1 Å². The van der Waals surface area contributed by atoms with Gasteiger partial charge in [-0.3, -0.25) is 0 Å². The van der Waals surface area contributed by atoms with E-state index in [1.54, 1.807) is 12.7 Å². The van der Waals surface area contributed by atoms with Crippen LogP contribution in [0.2, 0.25) is 0 Å². The number of nitrogens with one attached hydrogen (secondary N) is 1. The van der Waals surface area contributed by atoms with Gasteiger partial charge in [0.2, 0.25) is 0 Å². The van der Waals surface area contributed by atoms with Gasteiger partial charge in [0.25, 0.3) is 0 Å². The highest BCUT2D eigenvalue weighted by Crippen LogP contribution is 2.19. The minimum Gasteiger partial charge on any atom is -0.380 e. The first-order valence-electron chi connectivity index (χ1n) is 4.66. The van der Waals surface area contributed by atoms with E-state index >= 15 is 0 Å². The van der Waals surface area contributed by atoms with Gasteiger partial charge in [-0.1, -0.05) is 5.57 Å². The highest BCUT2D eigenvalue weighted by Gasteiger charge is 2.15. The summed E-state index contributed by atoms with van der Waals surface area (Å²) in [5, 5.41) is 3.46. The van der Waals surface area contributed by atoms with E-state index in [2.05, 4.69) is 19.2 Å². The van der Waals surface area contributed by atoms with Crippen molar-refractivity contribution in [3.63, 3.8) is 0 Å². The topological polar surface area (TPSA) is 21.3 Å². The molecule has 2 nitrogen and oxygen atoms in total. The smallest absolute Gasteiger partial charge is 0.0673 e. The minimum absolute atomic E-state index is 0.550. The zero-order valence-corrected chi connectivity index (χ0v) is 8.31. The summed E-state index contributed by atoms with van der Waals surface area (Å²) in [6.45, 7) is 6.34. The highest BCUT2D eigenvalue weighted by molar-refractivity contribution is 5.19. The van der Waals surface area contributed by atoms with Crippen LogP contribution in [0.4, 0.5) is 0 Å². The fourth-order valence-corrected chi connectivity index (χ4v) is 1.83. The molecular weight excluding hydrogens is 150 g/mol. The van der Waals surface area contributed by atoms with Crippen LogP contribution in [0.15, 0.2) is 11.1 Å². The Hall–Kier alpha value is -0.340. The molecule has 1 aliphatic heterocycles. The Labute approximate surface area is 75.0 Å². The molecule has 0 saturated carbocycles. The molecule has 0 bridgehead atoms. The Balaban J connectivity index is 2.61. The molecule has 12 heavy (non-hydrogen) atoms. The van der Waals surface area contributed by atoms with Crippen LogP contribution in [0.1, 0.15) is 26.7 Å². The van der Waals surface area contributed by atoms with Gasteiger partial charge in [-0.25, -0.2) is 0 Å². The summed E-state index contributed by atoms with van der Waals surface area (Å²) in [6, 6.07) is 0.550. The van der Waals surface area contributed by atoms with Crippen LogP contribution < -0.4 is 5.32 Å². The number of hydrogen-bond acceptors (Lipinski definition) is 2. The first kappa shape index (κ1) is 9.75. The summed E-state index contributed by atoms with van der Waals surface area (Å²) in [7, 11) is 1.75. The van der Waals surface area contributed by atoms with Gasteiger partial charge in [-0.2, -0.15) is 0 Å². The van der Waals surface area contributed by atoms with Crippen LogP contribution in [0.3, 0.4) is 0 Å². The molecule has 0 aliphatic carbocycles. The van der Waals surface area contributed by atoms with E-state index in [9.17, 15) is 0 Å². The molecule has 70 valence electrons. The Bertz CT molecular complexity index is 175. The van der Waals surface area contributed by atoms with Crippen LogP contribution in [0.25, 0.3) is 0 Å². The van der Waals surface area contributed by atoms with E-state index in [1.807, 2.05) is 0 Å². The Morgan fingerprint density at radius 3 is 3.00 bits per heavy atom. The molecule has 1 saturated heterocycles. The quantitative estimate of drug-likeness (QED) is 0.635. The van der Waals surface area contributed by atoms with E-state index in [0.717, 1.165) is 13.2 Å². The van der Waals surface area contributed by atoms with Crippen molar-refractivity contribution in [2.24, 2.45) is 0 Å². The van der Waals surface area contributed by atoms with E-state index in [-0.39, 0.29) is 0 Å². The SMILES string of the molecule is COC/C(C)=C1\CCCNC1C. The van der Waals surface area contributed by atoms with Crippen molar-refractivity contribution in [1.82, 2.24) is 5.32 Å². The maximum absolute atomic E-state index is 5.12. The molecule has 0 aromatic rings. The third-order valence-electron chi connectivity index (χ3n) is 2.51. The first-order valence-corrected chi connectivity index (χ1v) is 4.66. The van der Waals surface area contributed by atoms with E-state index in [4.69, 9.17) is 4.74 Å². The molecule has 1 N–H and O–H groups in total. The predicted molar refractivity (Wildman–Crippen MR) is 51.3 cm³/mol. The fourth-order valence-electron chi connectivity index (χ4n) is 1.83. The van der Waals surface area contributed by atoms with Crippen LogP contribution in [-0.4, -0.2) is 26.3 Å². The number of ether oxygens (including phenoxy) is 1. The first-order chi connectivity index (χ1) is 5.75. The fraction of sp³-hybridized carbons (Fsp3) is 0.800. The second kappa shape index (κ2) is 4.63. The van der Waals surface area contributed by atoms with Crippen molar-refractivity contribution in [2.45, 2.75) is 32.7 Å². The van der Waals surface area contributed by atoms with Crippen LogP contribution in [0.5, 0.6) is 0 Å². The molecule has 1 heterocycles. The summed E-state index contributed by atoms with van der Waals surface area (Å²) >= 11 is 0. The second-order valence-corrected chi connectivity index (χ2v) is 3.52. The maximum atomic E-state index is 5.12. The van der Waals surface area contributed by atoms with Crippen LogP contribution >= 0.6 is 0 Å². The lowest BCUT2D eigenvalue weighted by Gasteiger charge is -2.25. The van der Waals surface area contributed by atoms with Crippen LogP contribution in [0, 0.1) is 0 Å². The second-order valence-electron chi connectivity index (χ2n) is 3.52. The van der Waals surface area contributed by atoms with Crippen molar-refractivity contribution in [2.75, 3.05) is 20.3 Å². The number of methoxy groups -OCH3 is 1. The Kier molecular flexibility index (Phi) is 3.76. The van der Waals surface area contributed by atoms with Gasteiger partial charge in [0, 0.05) is 13.2 Å². The van der Waals surface area contributed by atoms with E-state index in [1.165, 1.54) is 18.4 Å². The molecule has 0 aromatic heterocycles. The number of piperidine rings is 1. The van der Waals surface area contributed by atoms with E-state index in [0.29, 0.717) is 6.04 Å². The lowest BCUT2D eigenvalue weighted by Crippen LogP contribution is -2.34. The molecule has 0 radical (unpaired) electrons. The van der Waals surface area contributed by atoms with Gasteiger partial charge in [-0.15, -0.1) is 0 Å².